The van der Waals surface area contributed by atoms with Crippen LogP contribution in [0, 0.1) is 6.92 Å². The molecule has 0 saturated heterocycles. The summed E-state index contributed by atoms with van der Waals surface area (Å²) in [5.74, 6) is 0.134. The molecule has 3 aromatic rings. The zero-order chi connectivity index (χ0) is 19.8. The van der Waals surface area contributed by atoms with Crippen LogP contribution in [0.3, 0.4) is 0 Å². The lowest BCUT2D eigenvalue weighted by Gasteiger charge is -2.08. The van der Waals surface area contributed by atoms with Crippen molar-refractivity contribution < 1.29 is 14.4 Å². The molecule has 1 atom stereocenters. The predicted molar refractivity (Wildman–Crippen MR) is 97.2 cm³/mol. The van der Waals surface area contributed by atoms with Crippen LogP contribution in [0.4, 0.5) is 0 Å². The lowest BCUT2D eigenvalue weighted by Crippen LogP contribution is -2.40. The lowest BCUT2D eigenvalue weighted by atomic mass is 10.0. The summed E-state index contributed by atoms with van der Waals surface area (Å²) in [5.41, 5.74) is 0.790. The van der Waals surface area contributed by atoms with E-state index in [0.717, 1.165) is 21.8 Å². The average molecular weight is 382 g/mol. The normalized spacial score (nSPS) is 14.3. The molecule has 144 valence electrons. The Morgan fingerprint density at radius 3 is 2.71 bits per heavy atom. The number of aryl methyl sites for hydroxylation is 1. The number of hydrogen-bond acceptors (Lipinski definition) is 7. The van der Waals surface area contributed by atoms with Crippen molar-refractivity contribution in [3.63, 3.8) is 0 Å². The number of fused-ring (bicyclic) bond motifs is 1. The van der Waals surface area contributed by atoms with Gasteiger partial charge in [0.1, 0.15) is 6.54 Å². The van der Waals surface area contributed by atoms with Crippen molar-refractivity contribution in [1.82, 2.24) is 19.3 Å². The van der Waals surface area contributed by atoms with E-state index in [1.807, 2.05) is 31.2 Å². The third-order valence-electron chi connectivity index (χ3n) is 4.77. The highest BCUT2D eigenvalue weighted by molar-refractivity contribution is 5.96. The monoisotopic (exact) mass is 382 g/mol. The van der Waals surface area contributed by atoms with Crippen LogP contribution in [0.5, 0.6) is 0 Å². The van der Waals surface area contributed by atoms with Gasteiger partial charge in [-0.3, -0.25) is 18.7 Å². The molecule has 0 spiro atoms. The Hall–Kier alpha value is -3.33. The second-order valence-corrected chi connectivity index (χ2v) is 6.80. The van der Waals surface area contributed by atoms with Gasteiger partial charge >= 0.3 is 5.69 Å². The van der Waals surface area contributed by atoms with Gasteiger partial charge in [0.2, 0.25) is 5.89 Å². The summed E-state index contributed by atoms with van der Waals surface area (Å²) in [5, 5.41) is 14.1. The molecule has 9 nitrogen and oxygen atoms in total. The van der Waals surface area contributed by atoms with Gasteiger partial charge in [-0.2, -0.15) is 4.98 Å². The highest BCUT2D eigenvalue weighted by atomic mass is 16.5. The largest absolute Gasteiger partial charge is 0.388 e. The zero-order valence-corrected chi connectivity index (χ0v) is 15.2. The number of carbonyl (C=O) groups excluding carboxylic acids is 1. The predicted octanol–water partition coefficient (Wildman–Crippen LogP) is 0.612. The van der Waals surface area contributed by atoms with Crippen molar-refractivity contribution in [2.24, 2.45) is 0 Å². The molecule has 0 aliphatic carbocycles. The molecule has 1 N–H and O–H groups in total. The standard InChI is InChI=1S/C19H18N4O5/c1-11-2-4-12(5-3-11)15(25)9-16-20-17(28-21-16)10-23-18(26)8-13-14(24)6-7-22(13)19(23)27/h2-5,8,15,25H,6-7,9-10H2,1H3/t15-/m0/s1. The van der Waals surface area contributed by atoms with E-state index < -0.39 is 17.4 Å². The highest BCUT2D eigenvalue weighted by Gasteiger charge is 2.24. The van der Waals surface area contributed by atoms with Crippen LogP contribution in [-0.2, 0) is 19.5 Å². The number of carbonyl (C=O) groups is 1. The number of rotatable bonds is 5. The van der Waals surface area contributed by atoms with Crippen molar-refractivity contribution in [1.29, 1.82) is 0 Å². The van der Waals surface area contributed by atoms with Gasteiger partial charge in [-0.05, 0) is 12.5 Å². The van der Waals surface area contributed by atoms with E-state index in [0.29, 0.717) is 0 Å². The minimum Gasteiger partial charge on any atom is -0.388 e. The molecular weight excluding hydrogens is 364 g/mol. The molecule has 2 aromatic heterocycles. The number of Topliss-reactive ketones (excluding diaryl/α,β-unsaturated/α-hetero) is 1. The maximum absolute atomic E-state index is 12.5. The maximum Gasteiger partial charge on any atom is 0.332 e. The van der Waals surface area contributed by atoms with Gasteiger partial charge in [-0.25, -0.2) is 4.79 Å². The number of aliphatic hydroxyl groups is 1. The SMILES string of the molecule is Cc1ccc([C@@H](O)Cc2noc(Cn3c(=O)cc4n(c3=O)CCC4=O)n2)cc1. The molecule has 0 saturated carbocycles. The molecule has 28 heavy (non-hydrogen) atoms. The van der Waals surface area contributed by atoms with Gasteiger partial charge in [-0.15, -0.1) is 0 Å². The summed E-state index contributed by atoms with van der Waals surface area (Å²) >= 11 is 0. The van der Waals surface area contributed by atoms with Crippen LogP contribution < -0.4 is 11.2 Å². The fraction of sp³-hybridized carbons (Fsp3) is 0.316. The second-order valence-electron chi connectivity index (χ2n) is 6.80. The van der Waals surface area contributed by atoms with Crippen molar-refractivity contribution in [3.8, 4) is 0 Å². The summed E-state index contributed by atoms with van der Waals surface area (Å²) in [7, 11) is 0. The molecule has 0 amide bonds. The van der Waals surface area contributed by atoms with Crippen molar-refractivity contribution >= 4 is 5.78 Å². The second kappa shape index (κ2) is 7.01. The van der Waals surface area contributed by atoms with Gasteiger partial charge in [0.05, 0.1) is 11.8 Å². The lowest BCUT2D eigenvalue weighted by molar-refractivity contribution is 0.0994. The van der Waals surface area contributed by atoms with Gasteiger partial charge in [0.25, 0.3) is 5.56 Å². The summed E-state index contributed by atoms with van der Waals surface area (Å²) in [6.07, 6.45) is -0.454. The van der Waals surface area contributed by atoms with Gasteiger partial charge < -0.3 is 9.63 Å². The Balaban J connectivity index is 1.53. The molecule has 4 rings (SSSR count). The summed E-state index contributed by atoms with van der Waals surface area (Å²) in [6, 6.07) is 8.62. The summed E-state index contributed by atoms with van der Waals surface area (Å²) in [4.78, 5) is 40.6. The molecular formula is C19H18N4O5. The number of nitrogens with zero attached hydrogens (tertiary/aromatic N) is 4. The number of benzene rings is 1. The molecule has 3 heterocycles. The van der Waals surface area contributed by atoms with E-state index in [1.165, 1.54) is 4.57 Å². The van der Waals surface area contributed by atoms with E-state index in [2.05, 4.69) is 10.1 Å². The van der Waals surface area contributed by atoms with E-state index >= 15 is 0 Å². The first kappa shape index (κ1) is 18.1. The topological polar surface area (TPSA) is 120 Å². The Morgan fingerprint density at radius 2 is 1.96 bits per heavy atom. The summed E-state index contributed by atoms with van der Waals surface area (Å²) < 4.78 is 7.36. The Labute approximate surface area is 158 Å². The van der Waals surface area contributed by atoms with Crippen LogP contribution in [0.15, 0.2) is 44.4 Å². The Kier molecular flexibility index (Phi) is 4.52. The first-order valence-electron chi connectivity index (χ1n) is 8.86. The molecule has 0 radical (unpaired) electrons. The Bertz CT molecular complexity index is 1160. The fourth-order valence-electron chi connectivity index (χ4n) is 3.20. The van der Waals surface area contributed by atoms with Crippen molar-refractivity contribution in [2.45, 2.75) is 39.0 Å². The molecule has 1 aromatic carbocycles. The molecule has 0 bridgehead atoms. The van der Waals surface area contributed by atoms with E-state index in [1.54, 1.807) is 0 Å². The molecule has 1 aliphatic heterocycles. The molecule has 0 unspecified atom stereocenters. The van der Waals surface area contributed by atoms with Crippen LogP contribution in [0.2, 0.25) is 0 Å². The van der Waals surface area contributed by atoms with Crippen molar-refractivity contribution in [3.05, 3.63) is 79.7 Å². The first-order chi connectivity index (χ1) is 13.4. The van der Waals surface area contributed by atoms with E-state index in [-0.39, 0.29) is 49.1 Å². The quantitative estimate of drug-likeness (QED) is 0.686. The van der Waals surface area contributed by atoms with E-state index in [4.69, 9.17) is 4.52 Å². The van der Waals surface area contributed by atoms with Gasteiger partial charge in [0, 0.05) is 25.5 Å². The fourth-order valence-corrected chi connectivity index (χ4v) is 3.20. The number of aliphatic hydroxyl groups excluding tert-OH is 1. The highest BCUT2D eigenvalue weighted by Crippen LogP contribution is 2.17. The number of ketones is 1. The van der Waals surface area contributed by atoms with Crippen molar-refractivity contribution in [2.75, 3.05) is 0 Å². The van der Waals surface area contributed by atoms with Gasteiger partial charge in [0.15, 0.2) is 11.6 Å². The third-order valence-corrected chi connectivity index (χ3v) is 4.77. The van der Waals surface area contributed by atoms with Gasteiger partial charge in [-0.1, -0.05) is 35.0 Å². The Morgan fingerprint density at radius 1 is 1.21 bits per heavy atom. The third kappa shape index (κ3) is 3.31. The maximum atomic E-state index is 12.5. The van der Waals surface area contributed by atoms with Crippen LogP contribution >= 0.6 is 0 Å². The minimum atomic E-state index is -0.801. The van der Waals surface area contributed by atoms with Crippen LogP contribution in [0.25, 0.3) is 0 Å². The first-order valence-corrected chi connectivity index (χ1v) is 8.86. The van der Waals surface area contributed by atoms with Crippen LogP contribution in [0.1, 0.15) is 45.9 Å². The molecule has 9 heteroatoms. The number of aromatic nitrogens is 4. The van der Waals surface area contributed by atoms with Crippen LogP contribution in [-0.4, -0.2) is 30.2 Å². The molecule has 0 fully saturated rings. The zero-order valence-electron chi connectivity index (χ0n) is 15.2. The summed E-state index contributed by atoms with van der Waals surface area (Å²) in [6.45, 7) is 2.02. The molecule has 1 aliphatic rings. The number of hydrogen-bond donors (Lipinski definition) is 1. The smallest absolute Gasteiger partial charge is 0.332 e. The van der Waals surface area contributed by atoms with E-state index in [9.17, 15) is 19.5 Å². The minimum absolute atomic E-state index is 0.0789. The average Bonchev–Trinajstić information content (AvgIpc) is 3.26.